The van der Waals surface area contributed by atoms with Gasteiger partial charge in [0.25, 0.3) is 0 Å². The number of hydrogen-bond donors (Lipinski definition) is 1. The van der Waals surface area contributed by atoms with E-state index >= 15 is 0 Å². The maximum atomic E-state index is 11.6. The first-order chi connectivity index (χ1) is 8.52. The molecule has 0 saturated carbocycles. The van der Waals surface area contributed by atoms with Gasteiger partial charge in [0.1, 0.15) is 0 Å². The Hall–Kier alpha value is -1.91. The van der Waals surface area contributed by atoms with Gasteiger partial charge in [-0.2, -0.15) is 0 Å². The second kappa shape index (κ2) is 6.74. The summed E-state index contributed by atoms with van der Waals surface area (Å²) in [6.07, 6.45) is 0.212. The van der Waals surface area contributed by atoms with Crippen molar-refractivity contribution in [1.82, 2.24) is 4.98 Å². The topological polar surface area (TPSA) is 68.3 Å². The predicted octanol–water partition coefficient (Wildman–Crippen LogP) is 1.98. The van der Waals surface area contributed by atoms with Gasteiger partial charge in [-0.3, -0.25) is 14.6 Å². The minimum atomic E-state index is -0.355. The molecule has 1 amide bonds. The highest BCUT2D eigenvalue weighted by Gasteiger charge is 2.09. The lowest BCUT2D eigenvalue weighted by molar-refractivity contribution is -0.144. The zero-order chi connectivity index (χ0) is 13.5. The molecule has 1 aromatic heterocycles. The molecular formula is C13H18N2O3. The molecule has 0 spiro atoms. The van der Waals surface area contributed by atoms with E-state index in [-0.39, 0.29) is 24.7 Å². The summed E-state index contributed by atoms with van der Waals surface area (Å²) in [7, 11) is 0. The molecule has 0 atom stereocenters. The third-order valence-electron chi connectivity index (χ3n) is 2.36. The van der Waals surface area contributed by atoms with Gasteiger partial charge < -0.3 is 10.1 Å². The van der Waals surface area contributed by atoms with E-state index in [1.54, 1.807) is 13.0 Å². The molecule has 0 unspecified atom stereocenters. The largest absolute Gasteiger partial charge is 0.466 e. The van der Waals surface area contributed by atoms with Crippen LogP contribution in [0.2, 0.25) is 0 Å². The van der Waals surface area contributed by atoms with E-state index in [4.69, 9.17) is 4.74 Å². The standard InChI is InChI=1S/C13H18N2O3/c1-4-18-13(17)8-7-12(16)15-11-6-5-9(2)14-10(11)3/h5-6H,4,7-8H2,1-3H3,(H,15,16). The van der Waals surface area contributed by atoms with E-state index in [1.165, 1.54) is 0 Å². The number of hydrogen-bond acceptors (Lipinski definition) is 4. The van der Waals surface area contributed by atoms with Gasteiger partial charge in [-0.1, -0.05) is 0 Å². The van der Waals surface area contributed by atoms with Crippen molar-refractivity contribution in [3.05, 3.63) is 23.5 Å². The zero-order valence-corrected chi connectivity index (χ0v) is 10.9. The average Bonchev–Trinajstić information content (AvgIpc) is 2.31. The molecular weight excluding hydrogens is 232 g/mol. The first-order valence-corrected chi connectivity index (χ1v) is 5.92. The highest BCUT2D eigenvalue weighted by atomic mass is 16.5. The number of nitrogens with zero attached hydrogens (tertiary/aromatic N) is 1. The molecule has 0 fully saturated rings. The SMILES string of the molecule is CCOC(=O)CCC(=O)Nc1ccc(C)nc1C. The molecule has 0 radical (unpaired) electrons. The van der Waals surface area contributed by atoms with Crippen molar-refractivity contribution in [2.24, 2.45) is 0 Å². The van der Waals surface area contributed by atoms with Crippen molar-refractivity contribution in [3.63, 3.8) is 0 Å². The van der Waals surface area contributed by atoms with Gasteiger partial charge in [-0.15, -0.1) is 0 Å². The molecule has 0 saturated heterocycles. The van der Waals surface area contributed by atoms with Crippen molar-refractivity contribution in [2.45, 2.75) is 33.6 Å². The number of ether oxygens (including phenoxy) is 1. The smallest absolute Gasteiger partial charge is 0.306 e. The van der Waals surface area contributed by atoms with Crippen LogP contribution >= 0.6 is 0 Å². The Bertz CT molecular complexity index is 444. The number of amides is 1. The number of rotatable bonds is 5. The number of carbonyl (C=O) groups is 2. The van der Waals surface area contributed by atoms with Gasteiger partial charge in [-0.05, 0) is 32.9 Å². The van der Waals surface area contributed by atoms with Crippen molar-refractivity contribution in [1.29, 1.82) is 0 Å². The van der Waals surface area contributed by atoms with Gasteiger partial charge in [0.05, 0.1) is 24.4 Å². The van der Waals surface area contributed by atoms with Crippen molar-refractivity contribution < 1.29 is 14.3 Å². The second-order valence-electron chi connectivity index (χ2n) is 3.94. The van der Waals surface area contributed by atoms with Crippen LogP contribution in [0.4, 0.5) is 5.69 Å². The Morgan fingerprint density at radius 3 is 2.61 bits per heavy atom. The van der Waals surface area contributed by atoms with Crippen LogP contribution < -0.4 is 5.32 Å². The fourth-order valence-corrected chi connectivity index (χ4v) is 1.48. The summed E-state index contributed by atoms with van der Waals surface area (Å²) < 4.78 is 4.75. The molecule has 1 heterocycles. The van der Waals surface area contributed by atoms with Gasteiger partial charge >= 0.3 is 5.97 Å². The zero-order valence-electron chi connectivity index (χ0n) is 10.9. The quantitative estimate of drug-likeness (QED) is 0.811. The Morgan fingerprint density at radius 2 is 2.00 bits per heavy atom. The summed E-state index contributed by atoms with van der Waals surface area (Å²) in [4.78, 5) is 27.0. The summed E-state index contributed by atoms with van der Waals surface area (Å²) in [5.74, 6) is -0.566. The van der Waals surface area contributed by atoms with Crippen LogP contribution in [0.5, 0.6) is 0 Å². The maximum absolute atomic E-state index is 11.6. The normalized spacial score (nSPS) is 9.94. The molecule has 1 aromatic rings. The van der Waals surface area contributed by atoms with Crippen LogP contribution in [-0.4, -0.2) is 23.5 Å². The van der Waals surface area contributed by atoms with Gasteiger partial charge in [0.15, 0.2) is 0 Å². The summed E-state index contributed by atoms with van der Waals surface area (Å²) in [6, 6.07) is 3.63. The van der Waals surface area contributed by atoms with E-state index in [0.29, 0.717) is 12.3 Å². The number of nitrogens with one attached hydrogen (secondary N) is 1. The molecule has 0 aromatic carbocycles. The first kappa shape index (κ1) is 14.2. The van der Waals surface area contributed by atoms with Gasteiger partial charge in [0, 0.05) is 12.1 Å². The number of carbonyl (C=O) groups excluding carboxylic acids is 2. The minimum Gasteiger partial charge on any atom is -0.466 e. The van der Waals surface area contributed by atoms with Gasteiger partial charge in [0.2, 0.25) is 5.91 Å². The highest BCUT2D eigenvalue weighted by molar-refractivity contribution is 5.93. The van der Waals surface area contributed by atoms with Crippen molar-refractivity contribution >= 4 is 17.6 Å². The van der Waals surface area contributed by atoms with Crippen molar-refractivity contribution in [3.8, 4) is 0 Å². The van der Waals surface area contributed by atoms with Crippen LogP contribution in [0.1, 0.15) is 31.2 Å². The van der Waals surface area contributed by atoms with E-state index in [9.17, 15) is 9.59 Å². The monoisotopic (exact) mass is 250 g/mol. The summed E-state index contributed by atoms with van der Waals surface area (Å²) >= 11 is 0. The summed E-state index contributed by atoms with van der Waals surface area (Å²) in [6.45, 7) is 5.79. The lowest BCUT2D eigenvalue weighted by atomic mass is 10.2. The lowest BCUT2D eigenvalue weighted by Gasteiger charge is -2.08. The Kier molecular flexibility index (Phi) is 5.30. The first-order valence-electron chi connectivity index (χ1n) is 5.92. The molecule has 0 bridgehead atoms. The molecule has 0 aliphatic heterocycles. The van der Waals surface area contributed by atoms with Crippen LogP contribution in [0.15, 0.2) is 12.1 Å². The number of aromatic nitrogens is 1. The summed E-state index contributed by atoms with van der Waals surface area (Å²) in [5, 5.41) is 2.73. The van der Waals surface area contributed by atoms with Crippen LogP contribution in [-0.2, 0) is 14.3 Å². The molecule has 18 heavy (non-hydrogen) atoms. The number of anilines is 1. The third kappa shape index (κ3) is 4.53. The fraction of sp³-hybridized carbons (Fsp3) is 0.462. The fourth-order valence-electron chi connectivity index (χ4n) is 1.48. The van der Waals surface area contributed by atoms with E-state index in [0.717, 1.165) is 11.4 Å². The van der Waals surface area contributed by atoms with Crippen LogP contribution in [0, 0.1) is 13.8 Å². The van der Waals surface area contributed by atoms with E-state index in [2.05, 4.69) is 10.3 Å². The summed E-state index contributed by atoms with van der Waals surface area (Å²) in [5.41, 5.74) is 2.34. The van der Waals surface area contributed by atoms with Crippen molar-refractivity contribution in [2.75, 3.05) is 11.9 Å². The number of aryl methyl sites for hydroxylation is 2. The number of pyridine rings is 1. The minimum absolute atomic E-state index is 0.0952. The molecule has 5 heteroatoms. The van der Waals surface area contributed by atoms with E-state index < -0.39 is 0 Å². The molecule has 98 valence electrons. The van der Waals surface area contributed by atoms with Gasteiger partial charge in [-0.25, -0.2) is 0 Å². The molecule has 1 N–H and O–H groups in total. The average molecular weight is 250 g/mol. The molecule has 5 nitrogen and oxygen atoms in total. The second-order valence-corrected chi connectivity index (χ2v) is 3.94. The Balaban J connectivity index is 2.47. The molecule has 1 rings (SSSR count). The van der Waals surface area contributed by atoms with E-state index in [1.807, 2.05) is 19.9 Å². The Morgan fingerprint density at radius 1 is 1.28 bits per heavy atom. The number of esters is 1. The molecule has 0 aliphatic rings. The maximum Gasteiger partial charge on any atom is 0.306 e. The Labute approximate surface area is 107 Å². The third-order valence-corrected chi connectivity index (χ3v) is 2.36. The lowest BCUT2D eigenvalue weighted by Crippen LogP contribution is -2.15. The molecule has 0 aliphatic carbocycles. The predicted molar refractivity (Wildman–Crippen MR) is 68.2 cm³/mol. The van der Waals surface area contributed by atoms with Crippen LogP contribution in [0.25, 0.3) is 0 Å². The van der Waals surface area contributed by atoms with Crippen LogP contribution in [0.3, 0.4) is 0 Å². The highest BCUT2D eigenvalue weighted by Crippen LogP contribution is 2.13.